The highest BCUT2D eigenvalue weighted by molar-refractivity contribution is 9.10. The fourth-order valence-corrected chi connectivity index (χ4v) is 2.15. The smallest absolute Gasteiger partial charge is 0.336 e. The summed E-state index contributed by atoms with van der Waals surface area (Å²) < 4.78 is 11.2. The van der Waals surface area contributed by atoms with Crippen LogP contribution in [0.2, 0.25) is 0 Å². The van der Waals surface area contributed by atoms with Crippen molar-refractivity contribution in [2.24, 2.45) is 0 Å². The van der Waals surface area contributed by atoms with E-state index in [4.69, 9.17) is 14.7 Å². The molecule has 0 N–H and O–H groups in total. The lowest BCUT2D eigenvalue weighted by molar-refractivity contribution is -0.129. The topological polar surface area (TPSA) is 59.3 Å². The van der Waals surface area contributed by atoms with Crippen LogP contribution in [-0.4, -0.2) is 13.1 Å². The number of ether oxygens (including phenoxy) is 2. The van der Waals surface area contributed by atoms with Crippen molar-refractivity contribution < 1.29 is 14.3 Å². The van der Waals surface area contributed by atoms with Gasteiger partial charge < -0.3 is 9.47 Å². The van der Waals surface area contributed by atoms with Crippen molar-refractivity contribution in [3.05, 3.63) is 64.1 Å². The van der Waals surface area contributed by atoms with E-state index >= 15 is 0 Å². The van der Waals surface area contributed by atoms with E-state index in [9.17, 15) is 4.79 Å². The third-order valence-electron chi connectivity index (χ3n) is 2.81. The molecule has 0 spiro atoms. The molecule has 0 saturated carbocycles. The van der Waals surface area contributed by atoms with Gasteiger partial charge in [-0.2, -0.15) is 5.26 Å². The third kappa shape index (κ3) is 3.96. The summed E-state index contributed by atoms with van der Waals surface area (Å²) in [5.74, 6) is 0.0729. The number of esters is 1. The highest BCUT2D eigenvalue weighted by atomic mass is 79.9. The number of nitrogens with zero attached hydrogens (tertiary/aromatic N) is 1. The minimum atomic E-state index is -0.529. The Morgan fingerprint density at radius 1 is 1.23 bits per heavy atom. The van der Waals surface area contributed by atoms with Gasteiger partial charge in [0.25, 0.3) is 0 Å². The van der Waals surface area contributed by atoms with Gasteiger partial charge in [-0.05, 0) is 29.8 Å². The summed E-state index contributed by atoms with van der Waals surface area (Å²) in [6.07, 6.45) is 2.99. The Balaban J connectivity index is 2.13. The molecule has 0 heterocycles. The predicted molar refractivity (Wildman–Crippen MR) is 86.5 cm³/mol. The molecular weight excluding hydrogens is 346 g/mol. The molecule has 0 radical (unpaired) electrons. The summed E-state index contributed by atoms with van der Waals surface area (Å²) in [5.41, 5.74) is 1.30. The molecule has 0 fully saturated rings. The Morgan fingerprint density at radius 2 is 2.00 bits per heavy atom. The first-order chi connectivity index (χ1) is 10.6. The van der Waals surface area contributed by atoms with Crippen LogP contribution in [0.4, 0.5) is 0 Å². The maximum atomic E-state index is 11.9. The molecule has 2 aromatic rings. The number of carbonyl (C=O) groups excluding carboxylic acids is 1. The highest BCUT2D eigenvalue weighted by Crippen LogP contribution is 2.28. The molecule has 0 aliphatic rings. The zero-order valence-electron chi connectivity index (χ0n) is 11.7. The van der Waals surface area contributed by atoms with Gasteiger partial charge in [0, 0.05) is 16.6 Å². The number of nitriles is 1. The van der Waals surface area contributed by atoms with Gasteiger partial charge in [0.05, 0.1) is 18.7 Å². The highest BCUT2D eigenvalue weighted by Gasteiger charge is 2.09. The predicted octanol–water partition coefficient (Wildman–Crippen LogP) is 3.95. The largest absolute Gasteiger partial charge is 0.493 e. The van der Waals surface area contributed by atoms with Crippen molar-refractivity contribution in [1.29, 1.82) is 5.26 Å². The van der Waals surface area contributed by atoms with Crippen LogP contribution in [0.5, 0.6) is 11.5 Å². The van der Waals surface area contributed by atoms with Gasteiger partial charge in [0.2, 0.25) is 0 Å². The van der Waals surface area contributed by atoms with Crippen molar-refractivity contribution in [3.8, 4) is 17.6 Å². The number of hydrogen-bond acceptors (Lipinski definition) is 4. The van der Waals surface area contributed by atoms with E-state index in [1.165, 1.54) is 25.3 Å². The Kier molecular flexibility index (Phi) is 5.34. The van der Waals surface area contributed by atoms with Crippen molar-refractivity contribution >= 4 is 28.0 Å². The molecule has 4 nitrogen and oxygen atoms in total. The summed E-state index contributed by atoms with van der Waals surface area (Å²) >= 11 is 3.40. The van der Waals surface area contributed by atoms with Gasteiger partial charge in [-0.1, -0.05) is 34.1 Å². The number of benzene rings is 2. The molecule has 0 atom stereocenters. The molecule has 5 heteroatoms. The molecule has 0 unspecified atom stereocenters. The number of methoxy groups -OCH3 is 1. The maximum absolute atomic E-state index is 11.9. The number of carbonyl (C=O) groups is 1. The molecule has 0 aliphatic carbocycles. The van der Waals surface area contributed by atoms with E-state index in [2.05, 4.69) is 15.9 Å². The standard InChI is InChI=1S/C17H12BrNO3/c1-21-16-10-12(11-19)6-8-15(16)22-17(20)9-7-13-4-2-3-5-14(13)18/h2-10H,1H3/b9-7+. The van der Waals surface area contributed by atoms with Crippen molar-refractivity contribution in [1.82, 2.24) is 0 Å². The Bertz CT molecular complexity index is 763. The van der Waals surface area contributed by atoms with E-state index in [1.54, 1.807) is 12.1 Å². The number of hydrogen-bond donors (Lipinski definition) is 0. The van der Waals surface area contributed by atoms with Crippen molar-refractivity contribution in [3.63, 3.8) is 0 Å². The summed E-state index contributed by atoms with van der Waals surface area (Å²) in [5, 5.41) is 8.84. The van der Waals surface area contributed by atoms with E-state index in [0.717, 1.165) is 10.0 Å². The van der Waals surface area contributed by atoms with Gasteiger partial charge >= 0.3 is 5.97 Å². The normalized spacial score (nSPS) is 10.2. The molecule has 2 aromatic carbocycles. The average Bonchev–Trinajstić information content (AvgIpc) is 2.54. The third-order valence-corrected chi connectivity index (χ3v) is 3.53. The fourth-order valence-electron chi connectivity index (χ4n) is 1.73. The monoisotopic (exact) mass is 357 g/mol. The van der Waals surface area contributed by atoms with Crippen LogP contribution in [0.25, 0.3) is 6.08 Å². The first-order valence-corrected chi connectivity index (χ1v) is 7.16. The minimum absolute atomic E-state index is 0.267. The van der Waals surface area contributed by atoms with Crippen molar-refractivity contribution in [2.45, 2.75) is 0 Å². The second kappa shape index (κ2) is 7.43. The molecule has 0 aromatic heterocycles. The van der Waals surface area contributed by atoms with Crippen LogP contribution in [0.1, 0.15) is 11.1 Å². The van der Waals surface area contributed by atoms with Crippen LogP contribution < -0.4 is 9.47 Å². The molecule has 110 valence electrons. The lowest BCUT2D eigenvalue weighted by Gasteiger charge is -2.07. The van der Waals surface area contributed by atoms with Gasteiger partial charge in [-0.15, -0.1) is 0 Å². The zero-order chi connectivity index (χ0) is 15.9. The fraction of sp³-hybridized carbons (Fsp3) is 0.0588. The molecule has 0 bridgehead atoms. The van der Waals surface area contributed by atoms with Crippen LogP contribution in [0.3, 0.4) is 0 Å². The molecule has 22 heavy (non-hydrogen) atoms. The molecule has 2 rings (SSSR count). The van der Waals surface area contributed by atoms with Gasteiger partial charge in [-0.3, -0.25) is 0 Å². The van der Waals surface area contributed by atoms with Crippen LogP contribution in [0.15, 0.2) is 53.0 Å². The number of halogens is 1. The van der Waals surface area contributed by atoms with E-state index in [1.807, 2.05) is 30.3 Å². The molecule has 0 aliphatic heterocycles. The van der Waals surface area contributed by atoms with Gasteiger partial charge in [-0.25, -0.2) is 4.79 Å². The maximum Gasteiger partial charge on any atom is 0.336 e. The quantitative estimate of drug-likeness (QED) is 0.472. The van der Waals surface area contributed by atoms with Gasteiger partial charge in [0.15, 0.2) is 11.5 Å². The van der Waals surface area contributed by atoms with Crippen LogP contribution >= 0.6 is 15.9 Å². The molecule has 0 saturated heterocycles. The Labute approximate surface area is 136 Å². The Hall–Kier alpha value is -2.58. The van der Waals surface area contributed by atoms with Crippen molar-refractivity contribution in [2.75, 3.05) is 7.11 Å². The Morgan fingerprint density at radius 3 is 2.68 bits per heavy atom. The number of rotatable bonds is 4. The van der Waals surface area contributed by atoms with Crippen LogP contribution in [-0.2, 0) is 4.79 Å². The summed E-state index contributed by atoms with van der Waals surface area (Å²) in [6, 6.07) is 14.1. The zero-order valence-corrected chi connectivity index (χ0v) is 13.3. The summed E-state index contributed by atoms with van der Waals surface area (Å²) in [7, 11) is 1.45. The molecular formula is C17H12BrNO3. The minimum Gasteiger partial charge on any atom is -0.493 e. The van der Waals surface area contributed by atoms with E-state index < -0.39 is 5.97 Å². The lowest BCUT2D eigenvalue weighted by Crippen LogP contribution is -2.05. The van der Waals surface area contributed by atoms with Crippen LogP contribution in [0, 0.1) is 11.3 Å². The van der Waals surface area contributed by atoms with E-state index in [-0.39, 0.29) is 5.75 Å². The second-order valence-corrected chi connectivity index (χ2v) is 5.11. The average molecular weight is 358 g/mol. The SMILES string of the molecule is COc1cc(C#N)ccc1OC(=O)/C=C/c1ccccc1Br. The second-order valence-electron chi connectivity index (χ2n) is 4.25. The lowest BCUT2D eigenvalue weighted by atomic mass is 10.2. The van der Waals surface area contributed by atoms with E-state index in [0.29, 0.717) is 11.3 Å². The van der Waals surface area contributed by atoms with Gasteiger partial charge in [0.1, 0.15) is 0 Å². The first kappa shape index (κ1) is 15.8. The summed E-state index contributed by atoms with van der Waals surface area (Å²) in [4.78, 5) is 11.9. The first-order valence-electron chi connectivity index (χ1n) is 6.36. The molecule has 0 amide bonds. The summed E-state index contributed by atoms with van der Waals surface area (Å²) in [6.45, 7) is 0.